The number of rotatable bonds is 3. The molecular weight excluding hydrogens is 266 g/mol. The van der Waals surface area contributed by atoms with Gasteiger partial charge in [-0.2, -0.15) is 5.26 Å². The van der Waals surface area contributed by atoms with Crippen molar-refractivity contribution >= 4 is 10.0 Å². The van der Waals surface area contributed by atoms with E-state index < -0.39 is 10.0 Å². The Morgan fingerprint density at radius 3 is 3.05 bits per heavy atom. The summed E-state index contributed by atoms with van der Waals surface area (Å²) in [5.74, 6) is 0. The van der Waals surface area contributed by atoms with Crippen molar-refractivity contribution < 1.29 is 13.2 Å². The highest BCUT2D eigenvalue weighted by Crippen LogP contribution is 2.18. The van der Waals surface area contributed by atoms with Crippen LogP contribution in [0.1, 0.15) is 25.5 Å². The fraction of sp³-hybridized carbons (Fsp3) is 0.500. The predicted octanol–water partition coefficient (Wildman–Crippen LogP) is 0.799. The second kappa shape index (κ2) is 5.65. The first kappa shape index (κ1) is 13.9. The van der Waals surface area contributed by atoms with E-state index in [1.807, 2.05) is 6.92 Å². The van der Waals surface area contributed by atoms with E-state index in [0.29, 0.717) is 19.4 Å². The fourth-order valence-electron chi connectivity index (χ4n) is 2.08. The van der Waals surface area contributed by atoms with E-state index in [-0.39, 0.29) is 22.7 Å². The number of hydrogen-bond acceptors (Lipinski definition) is 5. The van der Waals surface area contributed by atoms with E-state index in [1.165, 1.54) is 18.3 Å². The number of hydrogen-bond donors (Lipinski definition) is 1. The molecule has 102 valence electrons. The Hall–Kier alpha value is -1.49. The van der Waals surface area contributed by atoms with Gasteiger partial charge in [0.05, 0.1) is 6.10 Å². The van der Waals surface area contributed by atoms with Gasteiger partial charge >= 0.3 is 0 Å². The van der Waals surface area contributed by atoms with Gasteiger partial charge in [-0.25, -0.2) is 18.1 Å². The number of nitrogens with one attached hydrogen (secondary N) is 1. The molecule has 1 aromatic heterocycles. The van der Waals surface area contributed by atoms with Gasteiger partial charge in [0, 0.05) is 18.8 Å². The molecule has 2 unspecified atom stereocenters. The van der Waals surface area contributed by atoms with Crippen LogP contribution in [0.25, 0.3) is 0 Å². The molecule has 2 rings (SSSR count). The van der Waals surface area contributed by atoms with Crippen molar-refractivity contribution in [3.8, 4) is 6.07 Å². The monoisotopic (exact) mass is 281 g/mol. The van der Waals surface area contributed by atoms with Crippen molar-refractivity contribution in [1.82, 2.24) is 9.71 Å². The molecular formula is C12H15N3O3S. The van der Waals surface area contributed by atoms with E-state index in [9.17, 15) is 8.42 Å². The molecule has 2 heterocycles. The number of aromatic nitrogens is 1. The molecule has 0 amide bonds. The summed E-state index contributed by atoms with van der Waals surface area (Å²) in [5, 5.41) is 8.90. The number of nitriles is 1. The van der Waals surface area contributed by atoms with Crippen LogP contribution in [0.15, 0.2) is 23.2 Å². The van der Waals surface area contributed by atoms with E-state index in [2.05, 4.69) is 9.71 Å². The van der Waals surface area contributed by atoms with Gasteiger partial charge in [0.1, 0.15) is 11.0 Å². The second-order valence-electron chi connectivity index (χ2n) is 4.49. The van der Waals surface area contributed by atoms with Crippen LogP contribution < -0.4 is 4.72 Å². The lowest BCUT2D eigenvalue weighted by atomic mass is 10.1. The van der Waals surface area contributed by atoms with E-state index in [0.717, 1.165) is 0 Å². The van der Waals surface area contributed by atoms with Gasteiger partial charge < -0.3 is 4.74 Å². The van der Waals surface area contributed by atoms with Crippen molar-refractivity contribution in [2.45, 2.75) is 36.8 Å². The van der Waals surface area contributed by atoms with Crippen molar-refractivity contribution in [3.63, 3.8) is 0 Å². The van der Waals surface area contributed by atoms with Crippen LogP contribution in [0.4, 0.5) is 0 Å². The summed E-state index contributed by atoms with van der Waals surface area (Å²) in [7, 11) is -3.72. The van der Waals surface area contributed by atoms with Gasteiger partial charge in [-0.3, -0.25) is 0 Å². The van der Waals surface area contributed by atoms with Crippen molar-refractivity contribution in [2.75, 3.05) is 6.61 Å². The molecule has 0 bridgehead atoms. The van der Waals surface area contributed by atoms with Gasteiger partial charge in [-0.1, -0.05) is 0 Å². The van der Waals surface area contributed by atoms with Gasteiger partial charge in [0.2, 0.25) is 10.0 Å². The summed E-state index contributed by atoms with van der Waals surface area (Å²) >= 11 is 0. The maximum Gasteiger partial charge on any atom is 0.243 e. The Balaban J connectivity index is 2.21. The summed E-state index contributed by atoms with van der Waals surface area (Å²) in [6.07, 6.45) is 2.69. The highest BCUT2D eigenvalue weighted by molar-refractivity contribution is 7.89. The third-order valence-corrected chi connectivity index (χ3v) is 4.53. The van der Waals surface area contributed by atoms with Crippen LogP contribution in [-0.2, 0) is 14.8 Å². The molecule has 6 nitrogen and oxygen atoms in total. The van der Waals surface area contributed by atoms with Crippen LogP contribution in [0.3, 0.4) is 0 Å². The third-order valence-electron chi connectivity index (χ3n) is 2.97. The minimum absolute atomic E-state index is 0.0331. The molecule has 1 aliphatic heterocycles. The summed E-state index contributed by atoms with van der Waals surface area (Å²) in [6, 6.07) is 4.51. The normalized spacial score (nSPS) is 23.8. The van der Waals surface area contributed by atoms with Crippen molar-refractivity contribution in [3.05, 3.63) is 24.0 Å². The molecule has 0 radical (unpaired) electrons. The summed E-state index contributed by atoms with van der Waals surface area (Å²) < 4.78 is 32.5. The quantitative estimate of drug-likeness (QED) is 0.884. The van der Waals surface area contributed by atoms with Gasteiger partial charge in [0.25, 0.3) is 0 Å². The molecule has 0 aromatic carbocycles. The van der Waals surface area contributed by atoms with Crippen LogP contribution in [0, 0.1) is 11.3 Å². The summed E-state index contributed by atoms with van der Waals surface area (Å²) in [6.45, 7) is 2.44. The average Bonchev–Trinajstić information content (AvgIpc) is 2.38. The number of pyridine rings is 1. The maximum atomic E-state index is 12.2. The standard InChI is InChI=1S/C12H15N3O3S/c1-9-7-10(4-6-18-9)15-19(16,17)12-3-2-5-14-11(12)8-13/h2-3,5,9-10,15H,4,6-7H2,1H3. The van der Waals surface area contributed by atoms with Crippen molar-refractivity contribution in [1.29, 1.82) is 5.26 Å². The number of nitrogens with zero attached hydrogens (tertiary/aromatic N) is 2. The van der Waals surface area contributed by atoms with Gasteiger partial charge in [-0.15, -0.1) is 0 Å². The number of sulfonamides is 1. The molecule has 1 aromatic rings. The maximum absolute atomic E-state index is 12.2. The SMILES string of the molecule is CC1CC(NS(=O)(=O)c2cccnc2C#N)CCO1. The molecule has 0 spiro atoms. The van der Waals surface area contributed by atoms with E-state index in [1.54, 1.807) is 6.07 Å². The Bertz CT molecular complexity index is 594. The Labute approximate surface area is 112 Å². The van der Waals surface area contributed by atoms with Crippen molar-refractivity contribution in [2.24, 2.45) is 0 Å². The molecule has 0 aliphatic carbocycles. The highest BCUT2D eigenvalue weighted by atomic mass is 32.2. The lowest BCUT2D eigenvalue weighted by Gasteiger charge is -2.27. The summed E-state index contributed by atoms with van der Waals surface area (Å²) in [5.41, 5.74) is -0.0879. The van der Waals surface area contributed by atoms with E-state index in [4.69, 9.17) is 10.00 Å². The molecule has 19 heavy (non-hydrogen) atoms. The Morgan fingerprint density at radius 2 is 2.37 bits per heavy atom. The molecule has 1 fully saturated rings. The van der Waals surface area contributed by atoms with Crippen LogP contribution in [0.5, 0.6) is 0 Å². The third kappa shape index (κ3) is 3.29. The lowest BCUT2D eigenvalue weighted by Crippen LogP contribution is -2.41. The highest BCUT2D eigenvalue weighted by Gasteiger charge is 2.26. The second-order valence-corrected chi connectivity index (χ2v) is 6.17. The molecule has 1 aliphatic rings. The Morgan fingerprint density at radius 1 is 1.58 bits per heavy atom. The zero-order valence-corrected chi connectivity index (χ0v) is 11.4. The zero-order valence-electron chi connectivity index (χ0n) is 10.5. The fourth-order valence-corrected chi connectivity index (χ4v) is 3.47. The first-order chi connectivity index (χ1) is 9.03. The van der Waals surface area contributed by atoms with E-state index >= 15 is 0 Å². The Kier molecular flexibility index (Phi) is 4.14. The lowest BCUT2D eigenvalue weighted by molar-refractivity contribution is 0.0173. The van der Waals surface area contributed by atoms with Crippen LogP contribution in [0.2, 0.25) is 0 Å². The number of ether oxygens (including phenoxy) is 1. The predicted molar refractivity (Wildman–Crippen MR) is 67.7 cm³/mol. The molecule has 1 N–H and O–H groups in total. The summed E-state index contributed by atoms with van der Waals surface area (Å²) in [4.78, 5) is 3.69. The minimum atomic E-state index is -3.72. The molecule has 0 saturated carbocycles. The topological polar surface area (TPSA) is 92.1 Å². The first-order valence-corrected chi connectivity index (χ1v) is 7.50. The minimum Gasteiger partial charge on any atom is -0.378 e. The zero-order chi connectivity index (χ0) is 13.9. The molecule has 1 saturated heterocycles. The first-order valence-electron chi connectivity index (χ1n) is 6.02. The van der Waals surface area contributed by atoms with Gasteiger partial charge in [-0.05, 0) is 31.9 Å². The van der Waals surface area contributed by atoms with Gasteiger partial charge in [0.15, 0.2) is 5.69 Å². The molecule has 7 heteroatoms. The average molecular weight is 281 g/mol. The largest absolute Gasteiger partial charge is 0.378 e. The smallest absolute Gasteiger partial charge is 0.243 e. The van der Waals surface area contributed by atoms with Crippen LogP contribution in [-0.4, -0.2) is 32.2 Å². The van der Waals surface area contributed by atoms with Crippen LogP contribution >= 0.6 is 0 Å². The molecule has 2 atom stereocenters.